The van der Waals surface area contributed by atoms with Gasteiger partial charge in [0.15, 0.2) is 0 Å². The Morgan fingerprint density at radius 1 is 1.53 bits per heavy atom. The number of nitrogens with zero attached hydrogens (tertiary/aromatic N) is 1. The summed E-state index contributed by atoms with van der Waals surface area (Å²) >= 11 is 3.17. The van der Waals surface area contributed by atoms with Crippen molar-refractivity contribution in [1.29, 1.82) is 0 Å². The number of likely N-dealkylation sites (N-methyl/N-ethyl adjacent to an activating group) is 1. The van der Waals surface area contributed by atoms with Gasteiger partial charge in [0.05, 0.1) is 11.1 Å². The van der Waals surface area contributed by atoms with E-state index in [0.29, 0.717) is 29.8 Å². The molecule has 0 spiro atoms. The van der Waals surface area contributed by atoms with Crippen LogP contribution in [0.1, 0.15) is 17.3 Å². The molecular formula is C12H16BrNO3. The van der Waals surface area contributed by atoms with Crippen molar-refractivity contribution in [3.63, 3.8) is 0 Å². The average molecular weight is 302 g/mol. The minimum Gasteiger partial charge on any atom is -0.507 e. The fourth-order valence-electron chi connectivity index (χ4n) is 1.31. The van der Waals surface area contributed by atoms with Crippen LogP contribution < -0.4 is 0 Å². The van der Waals surface area contributed by atoms with Crippen molar-refractivity contribution in [2.45, 2.75) is 6.92 Å². The largest absolute Gasteiger partial charge is 0.507 e. The van der Waals surface area contributed by atoms with Gasteiger partial charge in [0.2, 0.25) is 0 Å². The van der Waals surface area contributed by atoms with Crippen LogP contribution in [-0.2, 0) is 4.74 Å². The Kier molecular flexibility index (Phi) is 5.44. The van der Waals surface area contributed by atoms with E-state index >= 15 is 0 Å². The number of hydrogen-bond acceptors (Lipinski definition) is 3. The lowest BCUT2D eigenvalue weighted by atomic mass is 10.2. The molecule has 0 bridgehead atoms. The third kappa shape index (κ3) is 4.02. The number of benzene rings is 1. The highest BCUT2D eigenvalue weighted by Gasteiger charge is 2.12. The van der Waals surface area contributed by atoms with E-state index in [2.05, 4.69) is 15.9 Å². The maximum Gasteiger partial charge on any atom is 0.253 e. The first-order valence-electron chi connectivity index (χ1n) is 5.38. The molecule has 0 heterocycles. The number of hydrogen-bond donors (Lipinski definition) is 1. The SMILES string of the molecule is CCOCCN(C)C(=O)c1ccc(Br)c(O)c1. The molecule has 0 saturated heterocycles. The fraction of sp³-hybridized carbons (Fsp3) is 0.417. The van der Waals surface area contributed by atoms with Gasteiger partial charge in [-0.1, -0.05) is 0 Å². The van der Waals surface area contributed by atoms with Gasteiger partial charge in [-0.05, 0) is 41.1 Å². The number of rotatable bonds is 5. The zero-order valence-electron chi connectivity index (χ0n) is 9.94. The van der Waals surface area contributed by atoms with Crippen LogP contribution in [0.15, 0.2) is 22.7 Å². The Balaban J connectivity index is 2.65. The van der Waals surface area contributed by atoms with Crippen molar-refractivity contribution in [1.82, 2.24) is 4.90 Å². The number of carbonyl (C=O) groups is 1. The number of ether oxygens (including phenoxy) is 1. The van der Waals surface area contributed by atoms with E-state index in [9.17, 15) is 9.90 Å². The summed E-state index contributed by atoms with van der Waals surface area (Å²) in [4.78, 5) is 13.5. The number of carbonyl (C=O) groups excluding carboxylic acids is 1. The summed E-state index contributed by atoms with van der Waals surface area (Å²) in [7, 11) is 1.71. The molecule has 0 radical (unpaired) electrons. The molecule has 0 unspecified atom stereocenters. The molecule has 1 amide bonds. The van der Waals surface area contributed by atoms with Crippen molar-refractivity contribution in [3.8, 4) is 5.75 Å². The molecule has 0 fully saturated rings. The lowest BCUT2D eigenvalue weighted by Gasteiger charge is -2.17. The highest BCUT2D eigenvalue weighted by molar-refractivity contribution is 9.10. The van der Waals surface area contributed by atoms with Crippen LogP contribution in [0.5, 0.6) is 5.75 Å². The third-order valence-electron chi connectivity index (χ3n) is 2.31. The number of phenolic OH excluding ortho intramolecular Hbond substituents is 1. The number of amides is 1. The second-order valence-corrected chi connectivity index (χ2v) is 4.44. The average Bonchev–Trinajstić information content (AvgIpc) is 2.32. The molecule has 1 rings (SSSR count). The molecule has 1 aromatic carbocycles. The first-order chi connectivity index (χ1) is 8.06. The van der Waals surface area contributed by atoms with Crippen molar-refractivity contribution in [2.24, 2.45) is 0 Å². The first-order valence-corrected chi connectivity index (χ1v) is 6.17. The smallest absolute Gasteiger partial charge is 0.253 e. The van der Waals surface area contributed by atoms with Gasteiger partial charge < -0.3 is 14.7 Å². The quantitative estimate of drug-likeness (QED) is 0.849. The van der Waals surface area contributed by atoms with Gasteiger partial charge in [0.25, 0.3) is 5.91 Å². The highest BCUT2D eigenvalue weighted by Crippen LogP contribution is 2.24. The molecule has 4 nitrogen and oxygen atoms in total. The Morgan fingerprint density at radius 3 is 2.82 bits per heavy atom. The Morgan fingerprint density at radius 2 is 2.24 bits per heavy atom. The van der Waals surface area contributed by atoms with Gasteiger partial charge in [0.1, 0.15) is 5.75 Å². The first kappa shape index (κ1) is 14.0. The van der Waals surface area contributed by atoms with Crippen LogP contribution in [0.3, 0.4) is 0 Å². The summed E-state index contributed by atoms with van der Waals surface area (Å²) < 4.78 is 5.76. The van der Waals surface area contributed by atoms with Gasteiger partial charge >= 0.3 is 0 Å². The summed E-state index contributed by atoms with van der Waals surface area (Å²) in [6.07, 6.45) is 0. The molecular weight excluding hydrogens is 286 g/mol. The standard InChI is InChI=1S/C12H16BrNO3/c1-3-17-7-6-14(2)12(16)9-4-5-10(13)11(15)8-9/h4-5,8,15H,3,6-7H2,1-2H3. The highest BCUT2D eigenvalue weighted by atomic mass is 79.9. The minimum atomic E-state index is -0.132. The minimum absolute atomic E-state index is 0.0639. The van der Waals surface area contributed by atoms with E-state index in [0.717, 1.165) is 0 Å². The van der Waals surface area contributed by atoms with Crippen LogP contribution >= 0.6 is 15.9 Å². The van der Waals surface area contributed by atoms with Gasteiger partial charge in [-0.3, -0.25) is 4.79 Å². The molecule has 0 aliphatic rings. The summed E-state index contributed by atoms with van der Waals surface area (Å²) in [6, 6.07) is 4.77. The number of phenols is 1. The van der Waals surface area contributed by atoms with Crippen LogP contribution in [0, 0.1) is 0 Å². The summed E-state index contributed by atoms with van der Waals surface area (Å²) in [5.74, 6) is -0.0680. The second kappa shape index (κ2) is 6.61. The third-order valence-corrected chi connectivity index (χ3v) is 2.99. The van der Waals surface area contributed by atoms with Gasteiger partial charge in [-0.25, -0.2) is 0 Å². The molecule has 5 heteroatoms. The molecule has 1 aromatic rings. The van der Waals surface area contributed by atoms with Crippen molar-refractivity contribution in [3.05, 3.63) is 28.2 Å². The Bertz CT molecular complexity index is 395. The molecule has 0 aliphatic heterocycles. The van der Waals surface area contributed by atoms with E-state index in [1.54, 1.807) is 24.1 Å². The number of halogens is 1. The molecule has 0 aliphatic carbocycles. The van der Waals surface area contributed by atoms with Gasteiger partial charge in [-0.2, -0.15) is 0 Å². The van der Waals surface area contributed by atoms with E-state index in [4.69, 9.17) is 4.74 Å². The normalized spacial score (nSPS) is 10.3. The van der Waals surface area contributed by atoms with Gasteiger partial charge in [-0.15, -0.1) is 0 Å². The maximum absolute atomic E-state index is 11.9. The number of aromatic hydroxyl groups is 1. The molecule has 17 heavy (non-hydrogen) atoms. The molecule has 1 N–H and O–H groups in total. The molecule has 0 atom stereocenters. The predicted molar refractivity (Wildman–Crippen MR) is 69.3 cm³/mol. The Hall–Kier alpha value is -1.07. The fourth-order valence-corrected chi connectivity index (χ4v) is 1.56. The topological polar surface area (TPSA) is 49.8 Å². The van der Waals surface area contributed by atoms with E-state index in [-0.39, 0.29) is 11.7 Å². The van der Waals surface area contributed by atoms with Crippen LogP contribution in [0.25, 0.3) is 0 Å². The van der Waals surface area contributed by atoms with Crippen molar-refractivity contribution in [2.75, 3.05) is 26.8 Å². The van der Waals surface area contributed by atoms with Crippen LogP contribution in [0.4, 0.5) is 0 Å². The Labute approximate surface area is 109 Å². The molecule has 94 valence electrons. The summed E-state index contributed by atoms with van der Waals surface area (Å²) in [6.45, 7) is 3.60. The van der Waals surface area contributed by atoms with E-state index in [1.807, 2.05) is 6.92 Å². The van der Waals surface area contributed by atoms with E-state index < -0.39 is 0 Å². The van der Waals surface area contributed by atoms with Crippen LogP contribution in [0.2, 0.25) is 0 Å². The second-order valence-electron chi connectivity index (χ2n) is 3.59. The van der Waals surface area contributed by atoms with Crippen LogP contribution in [-0.4, -0.2) is 42.7 Å². The molecule has 0 saturated carbocycles. The van der Waals surface area contributed by atoms with E-state index in [1.165, 1.54) is 6.07 Å². The molecule has 0 aromatic heterocycles. The lowest BCUT2D eigenvalue weighted by Crippen LogP contribution is -2.30. The maximum atomic E-state index is 11.9. The van der Waals surface area contributed by atoms with Crippen molar-refractivity contribution >= 4 is 21.8 Å². The lowest BCUT2D eigenvalue weighted by molar-refractivity contribution is 0.0709. The van der Waals surface area contributed by atoms with Gasteiger partial charge in [0, 0.05) is 25.8 Å². The zero-order chi connectivity index (χ0) is 12.8. The monoisotopic (exact) mass is 301 g/mol. The summed E-state index contributed by atoms with van der Waals surface area (Å²) in [5, 5.41) is 9.50. The predicted octanol–water partition coefficient (Wildman–Crippen LogP) is 2.26. The zero-order valence-corrected chi connectivity index (χ0v) is 11.5. The van der Waals surface area contributed by atoms with Crippen molar-refractivity contribution < 1.29 is 14.6 Å². The summed E-state index contributed by atoms with van der Waals surface area (Å²) in [5.41, 5.74) is 0.463.